The Balaban J connectivity index is 1.28. The molecule has 2 aromatic rings. The Morgan fingerprint density at radius 1 is 1.02 bits per heavy atom. The molecule has 1 spiro atoms. The largest absolute Gasteiger partial charge is 0.480 e. The van der Waals surface area contributed by atoms with E-state index in [1.165, 1.54) is 0 Å². The maximum Gasteiger partial charge on any atom is 0.434 e. The minimum atomic E-state index is -4.99. The molecule has 1 saturated carbocycles. The van der Waals surface area contributed by atoms with Crippen LogP contribution in [0.2, 0.25) is 0 Å². The summed E-state index contributed by atoms with van der Waals surface area (Å²) < 4.78 is 60.3. The number of anilines is 2. The second kappa shape index (κ2) is 12.7. The number of carbonyl (C=O) groups is 2. The van der Waals surface area contributed by atoms with E-state index in [-0.39, 0.29) is 25.3 Å². The molecule has 6 rings (SSSR count). The predicted molar refractivity (Wildman–Crippen MR) is 155 cm³/mol. The maximum atomic E-state index is 14.4. The summed E-state index contributed by atoms with van der Waals surface area (Å²) in [5.74, 6) is -1.66. The van der Waals surface area contributed by atoms with Crippen molar-refractivity contribution in [1.29, 1.82) is 0 Å². The molecule has 1 amide bonds. The van der Waals surface area contributed by atoms with Gasteiger partial charge in [-0.25, -0.2) is 19.7 Å². The van der Waals surface area contributed by atoms with E-state index < -0.39 is 40.3 Å². The number of carbonyl (C=O) groups excluding carboxylic acids is 1. The Hall–Kier alpha value is -3.52. The summed E-state index contributed by atoms with van der Waals surface area (Å²) in [6.45, 7) is 3.26. The number of fused-ring (bicyclic) bond motifs is 2. The van der Waals surface area contributed by atoms with Crippen LogP contribution < -0.4 is 15.0 Å². The highest BCUT2D eigenvalue weighted by atomic mass is 19.4. The minimum Gasteiger partial charge on any atom is -0.480 e. The molecule has 1 aliphatic carbocycles. The number of aliphatic carboxylic acids is 1. The lowest BCUT2D eigenvalue weighted by atomic mass is 9.78. The Morgan fingerprint density at radius 3 is 2.42 bits per heavy atom. The molecule has 14 heteroatoms. The van der Waals surface area contributed by atoms with E-state index in [1.54, 1.807) is 17.0 Å². The van der Waals surface area contributed by atoms with Gasteiger partial charge in [0.25, 0.3) is 5.91 Å². The molecule has 4 aliphatic rings. The van der Waals surface area contributed by atoms with Gasteiger partial charge in [-0.1, -0.05) is 19.3 Å². The van der Waals surface area contributed by atoms with Crippen molar-refractivity contribution in [3.8, 4) is 5.88 Å². The number of aromatic nitrogens is 3. The zero-order valence-corrected chi connectivity index (χ0v) is 25.0. The summed E-state index contributed by atoms with van der Waals surface area (Å²) in [6, 6.07) is 3.48. The van der Waals surface area contributed by atoms with Crippen LogP contribution in [0.4, 0.5) is 24.8 Å². The summed E-state index contributed by atoms with van der Waals surface area (Å²) in [6.07, 6.45) is 2.11. The SMILES string of the molecule is O=C(NC1(C(=O)O)CCCCC1)c1cnc(N2CC3(CCOCC3)c3nc(OCCC4CCOCC4)ccc32)nc1C(F)(F)F. The minimum absolute atomic E-state index is 0.138. The second-order valence-electron chi connectivity index (χ2n) is 12.5. The van der Waals surface area contributed by atoms with Crippen LogP contribution >= 0.6 is 0 Å². The van der Waals surface area contributed by atoms with Crippen LogP contribution in [0.15, 0.2) is 18.3 Å². The van der Waals surface area contributed by atoms with Gasteiger partial charge in [0.2, 0.25) is 11.8 Å². The quantitative estimate of drug-likeness (QED) is 0.417. The van der Waals surface area contributed by atoms with Gasteiger partial charge in [0.1, 0.15) is 5.54 Å². The number of nitrogens with one attached hydrogen (secondary N) is 1. The van der Waals surface area contributed by atoms with Gasteiger partial charge in [0.05, 0.1) is 23.6 Å². The lowest BCUT2D eigenvalue weighted by Gasteiger charge is -2.34. The second-order valence-corrected chi connectivity index (χ2v) is 12.5. The highest BCUT2D eigenvalue weighted by molar-refractivity contribution is 5.98. The van der Waals surface area contributed by atoms with Crippen LogP contribution in [-0.4, -0.2) is 77.1 Å². The first kappa shape index (κ1) is 31.5. The molecule has 244 valence electrons. The molecule has 3 aliphatic heterocycles. The third kappa shape index (κ3) is 6.44. The number of alkyl halides is 3. The molecule has 45 heavy (non-hydrogen) atoms. The molecule has 11 nitrogen and oxygen atoms in total. The Kier molecular flexibility index (Phi) is 8.88. The van der Waals surface area contributed by atoms with Crippen LogP contribution in [-0.2, 0) is 25.9 Å². The van der Waals surface area contributed by atoms with E-state index in [9.17, 15) is 27.9 Å². The third-order valence-corrected chi connectivity index (χ3v) is 9.67. The smallest absolute Gasteiger partial charge is 0.434 e. The monoisotopic (exact) mass is 633 g/mol. The van der Waals surface area contributed by atoms with Crippen molar-refractivity contribution in [3.05, 3.63) is 35.3 Å². The van der Waals surface area contributed by atoms with Crippen molar-refractivity contribution < 1.29 is 42.1 Å². The van der Waals surface area contributed by atoms with E-state index in [1.807, 2.05) is 0 Å². The number of halogens is 3. The average molecular weight is 634 g/mol. The highest BCUT2D eigenvalue weighted by Gasteiger charge is 2.48. The summed E-state index contributed by atoms with van der Waals surface area (Å²) >= 11 is 0. The number of pyridine rings is 1. The van der Waals surface area contributed by atoms with E-state index >= 15 is 0 Å². The fourth-order valence-corrected chi connectivity index (χ4v) is 7.00. The molecule has 0 aromatic carbocycles. The number of carboxylic acid groups (broad SMARTS) is 1. The fraction of sp³-hybridized carbons (Fsp3) is 0.645. The molecule has 5 heterocycles. The van der Waals surface area contributed by atoms with Gasteiger partial charge in [0, 0.05) is 50.7 Å². The molecule has 2 N–H and O–H groups in total. The summed E-state index contributed by atoms with van der Waals surface area (Å²) in [7, 11) is 0. The lowest BCUT2D eigenvalue weighted by Crippen LogP contribution is -2.55. The van der Waals surface area contributed by atoms with Gasteiger partial charge in [0.15, 0.2) is 5.69 Å². The Morgan fingerprint density at radius 2 is 1.73 bits per heavy atom. The van der Waals surface area contributed by atoms with Gasteiger partial charge >= 0.3 is 12.1 Å². The summed E-state index contributed by atoms with van der Waals surface area (Å²) in [5.41, 5.74) is -3.09. The Labute approximate surface area is 258 Å². The number of carboxylic acids is 1. The first-order valence-corrected chi connectivity index (χ1v) is 15.7. The van der Waals surface area contributed by atoms with Crippen LogP contribution in [0, 0.1) is 5.92 Å². The standard InChI is InChI=1S/C31H38F3N5O6/c32-31(33,34)24-21(26(40)38-30(27(41)42)9-2-1-3-10-30)18-35-28(37-24)39-19-29(11-16-44-17-12-29)25-22(39)4-5-23(36-25)45-15-8-20-6-13-43-14-7-20/h4-5,18,20H,1-3,6-17,19H2,(H,38,40)(H,41,42). The van der Waals surface area contributed by atoms with Gasteiger partial charge in [-0.3, -0.25) is 4.79 Å². The van der Waals surface area contributed by atoms with Crippen molar-refractivity contribution in [3.63, 3.8) is 0 Å². The van der Waals surface area contributed by atoms with Gasteiger partial charge in [-0.2, -0.15) is 13.2 Å². The molecule has 0 unspecified atom stereocenters. The molecule has 0 atom stereocenters. The van der Waals surface area contributed by atoms with Crippen LogP contribution in [0.5, 0.6) is 5.88 Å². The molecular weight excluding hydrogens is 595 g/mol. The van der Waals surface area contributed by atoms with Gasteiger partial charge < -0.3 is 29.5 Å². The van der Waals surface area contributed by atoms with Crippen molar-refractivity contribution in [2.45, 2.75) is 81.3 Å². The number of amides is 1. The van der Waals surface area contributed by atoms with Crippen molar-refractivity contribution in [1.82, 2.24) is 20.3 Å². The van der Waals surface area contributed by atoms with E-state index in [4.69, 9.17) is 19.2 Å². The van der Waals surface area contributed by atoms with Crippen molar-refractivity contribution >= 4 is 23.5 Å². The molecule has 2 saturated heterocycles. The molecule has 0 radical (unpaired) electrons. The van der Waals surface area contributed by atoms with Crippen molar-refractivity contribution in [2.24, 2.45) is 5.92 Å². The topological polar surface area (TPSA) is 136 Å². The number of ether oxygens (including phenoxy) is 3. The van der Waals surface area contributed by atoms with Crippen LogP contribution in [0.1, 0.15) is 86.0 Å². The summed E-state index contributed by atoms with van der Waals surface area (Å²) in [5, 5.41) is 12.2. The fourth-order valence-electron chi connectivity index (χ4n) is 7.00. The van der Waals surface area contributed by atoms with Crippen LogP contribution in [0.25, 0.3) is 0 Å². The first-order valence-electron chi connectivity index (χ1n) is 15.7. The van der Waals surface area contributed by atoms with Crippen LogP contribution in [0.3, 0.4) is 0 Å². The maximum absolute atomic E-state index is 14.4. The number of nitrogens with zero attached hydrogens (tertiary/aromatic N) is 4. The normalized spacial score (nSPS) is 21.4. The first-order chi connectivity index (χ1) is 21.6. The third-order valence-electron chi connectivity index (χ3n) is 9.67. The van der Waals surface area contributed by atoms with E-state index in [0.717, 1.165) is 45.1 Å². The van der Waals surface area contributed by atoms with Gasteiger partial charge in [-0.15, -0.1) is 0 Å². The van der Waals surface area contributed by atoms with Gasteiger partial charge in [-0.05, 0) is 56.9 Å². The van der Waals surface area contributed by atoms with Crippen molar-refractivity contribution in [2.75, 3.05) is 44.5 Å². The van der Waals surface area contributed by atoms with E-state index in [2.05, 4.69) is 15.3 Å². The van der Waals surface area contributed by atoms with E-state index in [0.29, 0.717) is 68.7 Å². The molecule has 3 fully saturated rings. The molecule has 0 bridgehead atoms. The number of hydrogen-bond acceptors (Lipinski definition) is 9. The zero-order chi connectivity index (χ0) is 31.7. The number of hydrogen-bond donors (Lipinski definition) is 2. The predicted octanol–water partition coefficient (Wildman–Crippen LogP) is 4.80. The molecular formula is C31H38F3N5O6. The molecule has 2 aromatic heterocycles. The zero-order valence-electron chi connectivity index (χ0n) is 25.0. The summed E-state index contributed by atoms with van der Waals surface area (Å²) in [4.78, 5) is 39.8. The highest BCUT2D eigenvalue weighted by Crippen LogP contribution is 2.49. The number of rotatable bonds is 8. The lowest BCUT2D eigenvalue weighted by molar-refractivity contribution is -0.145. The Bertz CT molecular complexity index is 1400. The average Bonchev–Trinajstić information content (AvgIpc) is 3.34.